The summed E-state index contributed by atoms with van der Waals surface area (Å²) in [7, 11) is 0. The number of hydrogen-bond acceptors (Lipinski definition) is 8. The highest BCUT2D eigenvalue weighted by molar-refractivity contribution is 6.30. The number of aromatic hydroxyl groups is 1. The summed E-state index contributed by atoms with van der Waals surface area (Å²) in [6.07, 6.45) is 4.26. The van der Waals surface area contributed by atoms with Crippen LogP contribution in [0.25, 0.3) is 33.4 Å². The molecule has 2 aromatic carbocycles. The molecular weight excluding hydrogens is 584 g/mol. The van der Waals surface area contributed by atoms with Crippen molar-refractivity contribution in [3.8, 4) is 28.2 Å². The number of carboxylic acids is 1. The van der Waals surface area contributed by atoms with Crippen LogP contribution in [0.1, 0.15) is 77.2 Å². The van der Waals surface area contributed by atoms with Gasteiger partial charge in [0.1, 0.15) is 17.1 Å². The number of rotatable bonds is 10. The number of hydrazone groups is 1. The van der Waals surface area contributed by atoms with Crippen molar-refractivity contribution < 1.29 is 24.2 Å². The Bertz CT molecular complexity index is 1740. The Morgan fingerprint density at radius 2 is 1.70 bits per heavy atom. The summed E-state index contributed by atoms with van der Waals surface area (Å²) >= 11 is 0. The average molecular weight is 631 g/mol. The molecule has 0 saturated carbocycles. The number of nitrogens with zero attached hydrogens (tertiary/aromatic N) is 2. The summed E-state index contributed by atoms with van der Waals surface area (Å²) in [5.74, 6) is 4.63. The number of fused-ring (bicyclic) bond motifs is 2. The van der Waals surface area contributed by atoms with Gasteiger partial charge in [-0.05, 0) is 63.1 Å². The zero-order valence-corrected chi connectivity index (χ0v) is 28.0. The van der Waals surface area contributed by atoms with E-state index >= 15 is 0 Å². The van der Waals surface area contributed by atoms with Gasteiger partial charge < -0.3 is 25.8 Å². The van der Waals surface area contributed by atoms with Gasteiger partial charge in [0.05, 0.1) is 16.8 Å². The molecule has 246 valence electrons. The Morgan fingerprint density at radius 1 is 1.02 bits per heavy atom. The molecule has 0 atom stereocenters. The Balaban J connectivity index is 0.000000326. The molecule has 0 aromatic heterocycles. The third-order valence-electron chi connectivity index (χ3n) is 7.84. The van der Waals surface area contributed by atoms with E-state index in [-0.39, 0.29) is 27.7 Å². The van der Waals surface area contributed by atoms with Crippen molar-refractivity contribution in [2.45, 2.75) is 73.8 Å². The fourth-order valence-electron chi connectivity index (χ4n) is 4.54. The first-order chi connectivity index (χ1) is 21.7. The quantitative estimate of drug-likeness (QED) is 0.0480. The molecule has 2 aromatic rings. The molecule has 4 rings (SSSR count). The number of phenols is 1. The highest BCUT2D eigenvalue weighted by Gasteiger charge is 2.36. The predicted octanol–water partition coefficient (Wildman–Crippen LogP) is 7.03. The van der Waals surface area contributed by atoms with Crippen molar-refractivity contribution in [3.05, 3.63) is 75.9 Å². The Labute approximate surface area is 270 Å². The van der Waals surface area contributed by atoms with Crippen molar-refractivity contribution in [1.82, 2.24) is 5.32 Å². The van der Waals surface area contributed by atoms with Crippen LogP contribution >= 0.6 is 0 Å². The topological polar surface area (TPSA) is 168 Å². The molecule has 0 fully saturated rings. The van der Waals surface area contributed by atoms with Gasteiger partial charge in [0.25, 0.3) is 0 Å². The smallest absolute Gasteiger partial charge is 0.336 e. The number of aryl methyl sites for hydroxylation is 1. The summed E-state index contributed by atoms with van der Waals surface area (Å²) in [6, 6.07) is 14.3. The van der Waals surface area contributed by atoms with Crippen molar-refractivity contribution in [1.29, 1.82) is 0 Å². The van der Waals surface area contributed by atoms with Gasteiger partial charge in [0.15, 0.2) is 5.43 Å². The van der Waals surface area contributed by atoms with Gasteiger partial charge in [0.2, 0.25) is 6.41 Å². The van der Waals surface area contributed by atoms with Crippen molar-refractivity contribution in [3.63, 3.8) is 0 Å². The van der Waals surface area contributed by atoms with Gasteiger partial charge >= 0.3 is 5.97 Å². The molecule has 2 aliphatic rings. The molecule has 0 bridgehead atoms. The van der Waals surface area contributed by atoms with Crippen LogP contribution in [0.4, 0.5) is 0 Å². The number of phenolic OH excluding ortho intramolecular Hbond substituents is 1. The number of nitrogens with two attached hydrogens (primary N) is 1. The van der Waals surface area contributed by atoms with Crippen LogP contribution in [0, 0.1) is 12.3 Å². The fourth-order valence-corrected chi connectivity index (χ4v) is 4.54. The van der Waals surface area contributed by atoms with Crippen LogP contribution in [-0.2, 0) is 4.79 Å². The molecule has 10 heteroatoms. The molecule has 46 heavy (non-hydrogen) atoms. The number of benzene rings is 3. The van der Waals surface area contributed by atoms with E-state index in [1.807, 2.05) is 40.7 Å². The lowest BCUT2D eigenvalue weighted by molar-refractivity contribution is -0.110. The second-order valence-electron chi connectivity index (χ2n) is 11.7. The lowest BCUT2D eigenvalue weighted by atomic mass is 9.75. The highest BCUT2D eigenvalue weighted by Crippen LogP contribution is 2.42. The number of carbonyl (C=O) groups excluding carboxylic acids is 1. The summed E-state index contributed by atoms with van der Waals surface area (Å²) in [5, 5.41) is 26.5. The minimum absolute atomic E-state index is 0.0205. The first-order valence-corrected chi connectivity index (χ1v) is 15.3. The zero-order chi connectivity index (χ0) is 34.7. The second-order valence-corrected chi connectivity index (χ2v) is 11.7. The summed E-state index contributed by atoms with van der Waals surface area (Å²) in [4.78, 5) is 38.5. The van der Waals surface area contributed by atoms with E-state index in [4.69, 9.17) is 10.3 Å². The van der Waals surface area contributed by atoms with E-state index in [9.17, 15) is 24.6 Å². The Kier molecular flexibility index (Phi) is 13.2. The first-order valence-electron chi connectivity index (χ1n) is 15.3. The minimum atomic E-state index is -1.04. The third-order valence-corrected chi connectivity index (χ3v) is 7.84. The molecule has 0 radical (unpaired) electrons. The van der Waals surface area contributed by atoms with Gasteiger partial charge in [0, 0.05) is 46.8 Å². The maximum absolute atomic E-state index is 11.8. The molecule has 1 amide bonds. The minimum Gasteiger partial charge on any atom is -0.508 e. The van der Waals surface area contributed by atoms with E-state index < -0.39 is 5.97 Å². The van der Waals surface area contributed by atoms with Crippen molar-refractivity contribution >= 4 is 35.3 Å². The second kappa shape index (κ2) is 16.4. The highest BCUT2D eigenvalue weighted by atomic mass is 16.4. The molecule has 1 heterocycles. The van der Waals surface area contributed by atoms with E-state index in [1.54, 1.807) is 30.5 Å². The maximum atomic E-state index is 11.8. The summed E-state index contributed by atoms with van der Waals surface area (Å²) in [6.45, 7) is 16.7. The van der Waals surface area contributed by atoms with Crippen LogP contribution in [0.2, 0.25) is 0 Å². The van der Waals surface area contributed by atoms with Crippen LogP contribution < -0.4 is 16.6 Å². The van der Waals surface area contributed by atoms with Gasteiger partial charge in [-0.3, -0.25) is 14.6 Å². The molecule has 10 nitrogen and oxygen atoms in total. The normalized spacial score (nSPS) is 11.9. The average Bonchev–Trinajstić information content (AvgIpc) is 3.02. The third kappa shape index (κ3) is 9.03. The number of aliphatic imine (C=N–C) groups is 1. The molecule has 1 aliphatic carbocycles. The number of carboxylic acid groups (broad SMARTS) is 1. The van der Waals surface area contributed by atoms with Crippen LogP contribution in [0.5, 0.6) is 5.75 Å². The largest absolute Gasteiger partial charge is 0.508 e. The van der Waals surface area contributed by atoms with E-state index in [0.29, 0.717) is 46.4 Å². The number of aromatic carboxylic acids is 1. The van der Waals surface area contributed by atoms with E-state index in [2.05, 4.69) is 36.2 Å². The predicted molar refractivity (Wildman–Crippen MR) is 186 cm³/mol. The number of amides is 1. The Morgan fingerprint density at radius 3 is 2.30 bits per heavy atom. The molecule has 1 aliphatic heterocycles. The van der Waals surface area contributed by atoms with Crippen molar-refractivity contribution in [2.75, 3.05) is 6.54 Å². The molecule has 0 spiro atoms. The van der Waals surface area contributed by atoms with E-state index in [0.717, 1.165) is 24.1 Å². The van der Waals surface area contributed by atoms with Gasteiger partial charge in [-0.2, -0.15) is 5.10 Å². The monoisotopic (exact) mass is 630 g/mol. The number of hydrogen-bond donors (Lipinski definition) is 4. The number of carbonyl (C=O) groups is 2. The van der Waals surface area contributed by atoms with E-state index in [1.165, 1.54) is 24.3 Å². The summed E-state index contributed by atoms with van der Waals surface area (Å²) in [5.41, 5.74) is 3.29. The molecular formula is C36H46N4O6. The fraction of sp³-hybridized carbons (Fsp3) is 0.361. The van der Waals surface area contributed by atoms with Gasteiger partial charge in [-0.15, -0.1) is 0 Å². The summed E-state index contributed by atoms with van der Waals surface area (Å²) < 4.78 is 5.79. The molecule has 0 saturated heterocycles. The van der Waals surface area contributed by atoms with Gasteiger partial charge in [-0.25, -0.2) is 4.79 Å². The Hall–Kier alpha value is -4.99. The van der Waals surface area contributed by atoms with Crippen LogP contribution in [0.3, 0.4) is 0 Å². The molecule has 5 N–H and O–H groups in total. The zero-order valence-electron chi connectivity index (χ0n) is 28.0. The van der Waals surface area contributed by atoms with Crippen LogP contribution in [0.15, 0.2) is 73.9 Å². The van der Waals surface area contributed by atoms with Crippen molar-refractivity contribution in [2.24, 2.45) is 21.4 Å². The molecule has 0 unspecified atom stereocenters. The number of nitrogens with one attached hydrogen (secondary N) is 1. The lowest BCUT2D eigenvalue weighted by Gasteiger charge is -2.38. The van der Waals surface area contributed by atoms with Gasteiger partial charge in [-0.1, -0.05) is 58.7 Å². The van der Waals surface area contributed by atoms with Crippen LogP contribution in [-0.4, -0.2) is 46.6 Å². The first kappa shape index (κ1) is 37.2. The maximum Gasteiger partial charge on any atom is 0.336 e. The SMILES string of the molecule is CC.CCC/C(C=NC(C)(C)C(C)(C)CNC=O)=N/N.Cc1ccc(-c2c3ccc(=O)cc-3oc3cc(O)ccc23)c(C(=O)O)c1. The lowest BCUT2D eigenvalue weighted by Crippen LogP contribution is -2.44. The standard InChI is InChI=1S/C21H14O5.C13H26N4O.C2H6/c1-11-2-5-14(17(8-11)21(24)25)20-15-6-3-12(22)9-18(15)26-19-10-13(23)4-7-16(19)20;1-6-7-11(17-14)8-16-13(4,5)12(2,3)9-15-10-18;1-2/h2-10,22H,1H3,(H,24,25);8,10H,6-7,9,14H2,1-5H3,(H,15,18);1-2H3/b;16-8?,17-11-;.